The number of carbonyl (C=O) groups excluding carboxylic acids is 1. The van der Waals surface area contributed by atoms with Crippen LogP contribution in [0.15, 0.2) is 24.3 Å². The van der Waals surface area contributed by atoms with Crippen molar-refractivity contribution < 1.29 is 28.8 Å². The van der Waals surface area contributed by atoms with Crippen LogP contribution in [0.2, 0.25) is 0 Å². The summed E-state index contributed by atoms with van der Waals surface area (Å²) in [6.07, 6.45) is 0.908. The zero-order valence-corrected chi connectivity index (χ0v) is 19.7. The van der Waals surface area contributed by atoms with Crippen LogP contribution in [0.5, 0.6) is 11.5 Å². The molecule has 8 nitrogen and oxygen atoms in total. The van der Waals surface area contributed by atoms with E-state index in [1.807, 2.05) is 31.2 Å². The molecule has 1 aliphatic rings. The summed E-state index contributed by atoms with van der Waals surface area (Å²) in [6.45, 7) is 10.4. The van der Waals surface area contributed by atoms with Gasteiger partial charge >= 0.3 is 0 Å². The molecule has 1 aliphatic heterocycles. The number of aliphatic hydroxyl groups is 1. The number of carbonyl (C=O) groups is 1. The van der Waals surface area contributed by atoms with Gasteiger partial charge in [-0.3, -0.25) is 4.79 Å². The molecule has 182 valence electrons. The molecule has 3 N–H and O–H groups in total. The lowest BCUT2D eigenvalue weighted by Crippen LogP contribution is -2.44. The minimum absolute atomic E-state index is 0.0462. The molecular formula is C24H40N2O6. The number of benzene rings is 1. The molecule has 8 heteroatoms. The summed E-state index contributed by atoms with van der Waals surface area (Å²) in [4.78, 5) is 12.2. The van der Waals surface area contributed by atoms with Crippen LogP contribution in [0.4, 0.5) is 0 Å². The highest BCUT2D eigenvalue weighted by atomic mass is 16.5. The maximum absolute atomic E-state index is 12.2. The number of amides is 1. The summed E-state index contributed by atoms with van der Waals surface area (Å²) in [5.41, 5.74) is 0. The predicted octanol–water partition coefficient (Wildman–Crippen LogP) is 2.00. The molecule has 0 radical (unpaired) electrons. The molecule has 0 spiro atoms. The number of hydrogen-bond acceptors (Lipinski definition) is 7. The average Bonchev–Trinajstić information content (AvgIpc) is 2.80. The van der Waals surface area contributed by atoms with Gasteiger partial charge in [-0.15, -0.1) is 0 Å². The monoisotopic (exact) mass is 452 g/mol. The van der Waals surface area contributed by atoms with Crippen molar-refractivity contribution in [1.29, 1.82) is 0 Å². The lowest BCUT2D eigenvalue weighted by Gasteiger charge is -2.23. The molecule has 0 bridgehead atoms. The maximum atomic E-state index is 12.2. The molecule has 1 saturated heterocycles. The average molecular weight is 453 g/mol. The van der Waals surface area contributed by atoms with E-state index in [0.717, 1.165) is 25.2 Å². The Balaban J connectivity index is 1.55. The van der Waals surface area contributed by atoms with Gasteiger partial charge in [0.25, 0.3) is 0 Å². The standard InChI is InChI=1S/C24H40N2O6/c1-18(2)16-30-12-13-31-22-4-6-23(7-5-22)32-17-21(27)15-25-19(3)14-26-24(28)20-8-10-29-11-9-20/h4-7,18-21,25,27H,8-17H2,1-3H3,(H,26,28)/t19?,21-/m0/s1. The Labute approximate surface area is 192 Å². The fourth-order valence-electron chi connectivity index (χ4n) is 3.19. The van der Waals surface area contributed by atoms with E-state index in [9.17, 15) is 9.90 Å². The first-order chi connectivity index (χ1) is 15.4. The van der Waals surface area contributed by atoms with Crippen molar-refractivity contribution in [3.05, 3.63) is 24.3 Å². The highest BCUT2D eigenvalue weighted by Crippen LogP contribution is 2.18. The number of aliphatic hydroxyl groups excluding tert-OH is 1. The fourth-order valence-corrected chi connectivity index (χ4v) is 3.19. The highest BCUT2D eigenvalue weighted by molar-refractivity contribution is 5.78. The summed E-state index contributed by atoms with van der Waals surface area (Å²) in [6, 6.07) is 7.36. The molecule has 1 aromatic carbocycles. The van der Waals surface area contributed by atoms with E-state index < -0.39 is 6.10 Å². The third-order valence-electron chi connectivity index (χ3n) is 5.09. The number of rotatable bonds is 15. The molecule has 1 unspecified atom stereocenters. The Hall–Kier alpha value is -1.87. The van der Waals surface area contributed by atoms with Crippen LogP contribution in [0.3, 0.4) is 0 Å². The summed E-state index contributed by atoms with van der Waals surface area (Å²) in [5, 5.41) is 16.4. The molecule has 1 heterocycles. The largest absolute Gasteiger partial charge is 0.491 e. The van der Waals surface area contributed by atoms with Crippen LogP contribution >= 0.6 is 0 Å². The molecular weight excluding hydrogens is 412 g/mol. The van der Waals surface area contributed by atoms with Gasteiger partial charge in [-0.25, -0.2) is 0 Å². The van der Waals surface area contributed by atoms with E-state index in [1.54, 1.807) is 0 Å². The Morgan fingerprint density at radius 1 is 1.03 bits per heavy atom. The number of ether oxygens (including phenoxy) is 4. The lowest BCUT2D eigenvalue weighted by molar-refractivity contribution is -0.127. The molecule has 32 heavy (non-hydrogen) atoms. The fraction of sp³-hybridized carbons (Fsp3) is 0.708. The highest BCUT2D eigenvalue weighted by Gasteiger charge is 2.21. The molecule has 2 rings (SSSR count). The second-order valence-electron chi connectivity index (χ2n) is 8.69. The Morgan fingerprint density at radius 2 is 1.69 bits per heavy atom. The van der Waals surface area contributed by atoms with Crippen LogP contribution in [0, 0.1) is 11.8 Å². The zero-order chi connectivity index (χ0) is 23.2. The first-order valence-corrected chi connectivity index (χ1v) is 11.6. The van der Waals surface area contributed by atoms with Gasteiger partial charge in [-0.2, -0.15) is 0 Å². The quantitative estimate of drug-likeness (QED) is 0.350. The molecule has 2 atom stereocenters. The molecule has 0 saturated carbocycles. The molecule has 1 amide bonds. The van der Waals surface area contributed by atoms with Gasteiger partial charge < -0.3 is 34.7 Å². The second-order valence-corrected chi connectivity index (χ2v) is 8.69. The van der Waals surface area contributed by atoms with Crippen molar-refractivity contribution >= 4 is 5.91 Å². The van der Waals surface area contributed by atoms with Crippen molar-refractivity contribution in [2.24, 2.45) is 11.8 Å². The van der Waals surface area contributed by atoms with Crippen LogP contribution in [0.1, 0.15) is 33.6 Å². The minimum Gasteiger partial charge on any atom is -0.491 e. The van der Waals surface area contributed by atoms with Crippen molar-refractivity contribution in [3.63, 3.8) is 0 Å². The van der Waals surface area contributed by atoms with Gasteiger partial charge in [0, 0.05) is 44.9 Å². The van der Waals surface area contributed by atoms with Gasteiger partial charge in [0.2, 0.25) is 5.91 Å². The summed E-state index contributed by atoms with van der Waals surface area (Å²) >= 11 is 0. The van der Waals surface area contributed by atoms with Crippen LogP contribution < -0.4 is 20.1 Å². The number of nitrogens with one attached hydrogen (secondary N) is 2. The molecule has 0 aromatic heterocycles. The van der Waals surface area contributed by atoms with E-state index in [2.05, 4.69) is 24.5 Å². The predicted molar refractivity (Wildman–Crippen MR) is 123 cm³/mol. The molecule has 1 fully saturated rings. The minimum atomic E-state index is -0.655. The van der Waals surface area contributed by atoms with Gasteiger partial charge in [0.15, 0.2) is 0 Å². The van der Waals surface area contributed by atoms with Crippen LogP contribution in [-0.2, 0) is 14.3 Å². The molecule has 1 aromatic rings. The van der Waals surface area contributed by atoms with Crippen molar-refractivity contribution in [2.45, 2.75) is 45.8 Å². The smallest absolute Gasteiger partial charge is 0.223 e. The van der Waals surface area contributed by atoms with Gasteiger partial charge in [-0.05, 0) is 49.9 Å². The van der Waals surface area contributed by atoms with Gasteiger partial charge in [0.05, 0.1) is 6.61 Å². The summed E-state index contributed by atoms with van der Waals surface area (Å²) in [7, 11) is 0. The third kappa shape index (κ3) is 11.1. The second kappa shape index (κ2) is 15.1. The third-order valence-corrected chi connectivity index (χ3v) is 5.09. The SMILES string of the molecule is CC(C)COCCOc1ccc(OC[C@@H](O)CNC(C)CNC(=O)C2CCOCC2)cc1. The normalized spacial score (nSPS) is 16.5. The Bertz CT molecular complexity index is 634. The van der Waals surface area contributed by atoms with Crippen LogP contribution in [-0.4, -0.2) is 75.9 Å². The summed E-state index contributed by atoms with van der Waals surface area (Å²) < 4.78 is 22.1. The van der Waals surface area contributed by atoms with Crippen molar-refractivity contribution in [2.75, 3.05) is 52.7 Å². The van der Waals surface area contributed by atoms with E-state index in [1.165, 1.54) is 0 Å². The topological polar surface area (TPSA) is 98.3 Å². The lowest BCUT2D eigenvalue weighted by atomic mass is 9.99. The maximum Gasteiger partial charge on any atom is 0.223 e. The first-order valence-electron chi connectivity index (χ1n) is 11.6. The van der Waals surface area contributed by atoms with E-state index >= 15 is 0 Å². The Morgan fingerprint density at radius 3 is 2.34 bits per heavy atom. The zero-order valence-electron chi connectivity index (χ0n) is 19.7. The van der Waals surface area contributed by atoms with E-state index in [-0.39, 0.29) is 24.5 Å². The van der Waals surface area contributed by atoms with E-state index in [4.69, 9.17) is 18.9 Å². The van der Waals surface area contributed by atoms with Crippen molar-refractivity contribution in [1.82, 2.24) is 10.6 Å². The first kappa shape index (κ1) is 26.4. The van der Waals surface area contributed by atoms with Crippen molar-refractivity contribution in [3.8, 4) is 11.5 Å². The summed E-state index contributed by atoms with van der Waals surface area (Å²) in [5.74, 6) is 2.07. The number of hydrogen-bond donors (Lipinski definition) is 3. The van der Waals surface area contributed by atoms with E-state index in [0.29, 0.717) is 51.2 Å². The van der Waals surface area contributed by atoms with Gasteiger partial charge in [0.1, 0.15) is 30.8 Å². The Kier molecular flexibility index (Phi) is 12.4. The van der Waals surface area contributed by atoms with Gasteiger partial charge in [-0.1, -0.05) is 13.8 Å². The van der Waals surface area contributed by atoms with Crippen LogP contribution in [0.25, 0.3) is 0 Å². The molecule has 0 aliphatic carbocycles.